The van der Waals surface area contributed by atoms with Gasteiger partial charge in [-0.15, -0.1) is 0 Å². The number of rotatable bonds is 7. The lowest BCUT2D eigenvalue weighted by Gasteiger charge is -2.26. The molecule has 0 radical (unpaired) electrons. The first-order valence-electron chi connectivity index (χ1n) is 11.1. The molecular weight excluding hydrogens is 468 g/mol. The van der Waals surface area contributed by atoms with Gasteiger partial charge in [0.2, 0.25) is 0 Å². The molecule has 1 N–H and O–H groups in total. The van der Waals surface area contributed by atoms with E-state index in [2.05, 4.69) is 4.99 Å². The summed E-state index contributed by atoms with van der Waals surface area (Å²) in [5.74, 6) is -0.996. The fourth-order valence-corrected chi connectivity index (χ4v) is 5.00. The molecule has 0 amide bonds. The van der Waals surface area contributed by atoms with Crippen molar-refractivity contribution in [2.45, 2.75) is 26.8 Å². The van der Waals surface area contributed by atoms with E-state index in [-0.39, 0.29) is 23.3 Å². The highest BCUT2D eigenvalue weighted by Crippen LogP contribution is 2.35. The number of carboxylic acids is 1. The number of hydrogen-bond donors (Lipinski definition) is 1. The lowest BCUT2D eigenvalue weighted by atomic mass is 9.95. The Kier molecular flexibility index (Phi) is 6.97. The van der Waals surface area contributed by atoms with E-state index in [0.717, 1.165) is 0 Å². The van der Waals surface area contributed by atoms with Gasteiger partial charge in [-0.2, -0.15) is 0 Å². The number of aromatic carboxylic acids is 1. The Hall–Kier alpha value is -3.98. The number of carbonyl (C=O) groups is 2. The lowest BCUT2D eigenvalue weighted by Crippen LogP contribution is -2.40. The van der Waals surface area contributed by atoms with Crippen LogP contribution in [0.5, 0.6) is 5.75 Å². The highest BCUT2D eigenvalue weighted by Gasteiger charge is 2.35. The molecule has 1 unspecified atom stereocenters. The second kappa shape index (κ2) is 10.1. The number of fused-ring (bicyclic) bond motifs is 1. The van der Waals surface area contributed by atoms with E-state index >= 15 is 0 Å². The summed E-state index contributed by atoms with van der Waals surface area (Å²) in [6.45, 7) is 5.92. The van der Waals surface area contributed by atoms with E-state index in [4.69, 9.17) is 14.6 Å². The number of nitrogens with zero attached hydrogens (tertiary/aromatic N) is 2. The molecule has 2 aromatic carbocycles. The number of carbonyl (C=O) groups excluding carboxylic acids is 1. The smallest absolute Gasteiger partial charge is 0.338 e. The Morgan fingerprint density at radius 3 is 2.49 bits per heavy atom. The molecule has 1 aliphatic rings. The van der Waals surface area contributed by atoms with E-state index in [1.165, 1.54) is 28.0 Å². The van der Waals surface area contributed by atoms with Crippen molar-refractivity contribution in [3.63, 3.8) is 0 Å². The SMILES string of the molecule is CCOC(=O)C1=C(C)N=c2sc(=Cc3ccc(C(=O)O)cc3)c(=O)n2C1c1ccccc1OCC. The maximum absolute atomic E-state index is 13.7. The third kappa shape index (κ3) is 4.67. The van der Waals surface area contributed by atoms with Gasteiger partial charge in [0.05, 0.1) is 34.6 Å². The van der Waals surface area contributed by atoms with Crippen molar-refractivity contribution in [2.24, 2.45) is 4.99 Å². The van der Waals surface area contributed by atoms with Gasteiger partial charge < -0.3 is 14.6 Å². The minimum Gasteiger partial charge on any atom is -0.494 e. The van der Waals surface area contributed by atoms with E-state index in [1.54, 1.807) is 38.1 Å². The number of para-hydroxylation sites is 1. The zero-order chi connectivity index (χ0) is 25.1. The summed E-state index contributed by atoms with van der Waals surface area (Å²) in [4.78, 5) is 42.8. The Balaban J connectivity index is 1.94. The fourth-order valence-electron chi connectivity index (χ4n) is 3.95. The normalized spacial score (nSPS) is 15.4. The first-order chi connectivity index (χ1) is 16.8. The first-order valence-corrected chi connectivity index (χ1v) is 11.9. The van der Waals surface area contributed by atoms with Crippen LogP contribution in [0.25, 0.3) is 6.08 Å². The number of aromatic nitrogens is 1. The van der Waals surface area contributed by atoms with Crippen LogP contribution in [-0.2, 0) is 9.53 Å². The largest absolute Gasteiger partial charge is 0.494 e. The van der Waals surface area contributed by atoms with Crippen LogP contribution >= 0.6 is 11.3 Å². The molecule has 1 atom stereocenters. The summed E-state index contributed by atoms with van der Waals surface area (Å²) in [6.07, 6.45) is 1.68. The molecule has 2 heterocycles. The van der Waals surface area contributed by atoms with Gasteiger partial charge in [-0.3, -0.25) is 9.36 Å². The Labute approximate surface area is 205 Å². The fraction of sp³-hybridized carbons (Fsp3) is 0.231. The summed E-state index contributed by atoms with van der Waals surface area (Å²) in [7, 11) is 0. The van der Waals surface area contributed by atoms with E-state index in [9.17, 15) is 14.4 Å². The molecule has 0 fully saturated rings. The zero-order valence-corrected chi connectivity index (χ0v) is 20.3. The van der Waals surface area contributed by atoms with Crippen LogP contribution in [0.3, 0.4) is 0 Å². The van der Waals surface area contributed by atoms with Gasteiger partial charge in [0.15, 0.2) is 4.80 Å². The number of esters is 1. The predicted octanol–water partition coefficient (Wildman–Crippen LogP) is 2.90. The van der Waals surface area contributed by atoms with Gasteiger partial charge in [0, 0.05) is 5.56 Å². The molecule has 1 aromatic heterocycles. The second-order valence-corrected chi connectivity index (χ2v) is 8.71. The molecule has 4 rings (SSSR count). The van der Waals surface area contributed by atoms with Crippen molar-refractivity contribution in [1.29, 1.82) is 0 Å². The van der Waals surface area contributed by atoms with Gasteiger partial charge in [0.1, 0.15) is 11.8 Å². The minimum absolute atomic E-state index is 0.158. The molecule has 0 aliphatic carbocycles. The molecule has 8 nitrogen and oxygen atoms in total. The third-order valence-corrected chi connectivity index (χ3v) is 6.47. The summed E-state index contributed by atoms with van der Waals surface area (Å²) in [5, 5.41) is 9.12. The molecular formula is C26H24N2O6S. The maximum Gasteiger partial charge on any atom is 0.338 e. The average molecular weight is 493 g/mol. The van der Waals surface area contributed by atoms with E-state index in [0.29, 0.717) is 38.5 Å². The second-order valence-electron chi connectivity index (χ2n) is 7.70. The van der Waals surface area contributed by atoms with Crippen molar-refractivity contribution in [2.75, 3.05) is 13.2 Å². The molecule has 180 valence electrons. The molecule has 1 aliphatic heterocycles. The van der Waals surface area contributed by atoms with Gasteiger partial charge in [-0.25, -0.2) is 14.6 Å². The number of hydrogen-bond acceptors (Lipinski definition) is 7. The number of benzene rings is 2. The van der Waals surface area contributed by atoms with Crippen LogP contribution in [0.1, 0.15) is 48.3 Å². The van der Waals surface area contributed by atoms with Crippen LogP contribution in [0.4, 0.5) is 0 Å². The molecule has 0 saturated heterocycles. The van der Waals surface area contributed by atoms with Gasteiger partial charge in [-0.05, 0) is 50.6 Å². The summed E-state index contributed by atoms with van der Waals surface area (Å²) >= 11 is 1.20. The topological polar surface area (TPSA) is 107 Å². The van der Waals surface area contributed by atoms with E-state index in [1.807, 2.05) is 25.1 Å². The predicted molar refractivity (Wildman–Crippen MR) is 131 cm³/mol. The quantitative estimate of drug-likeness (QED) is 0.509. The molecule has 0 bridgehead atoms. The molecule has 3 aromatic rings. The Morgan fingerprint density at radius 2 is 1.83 bits per heavy atom. The van der Waals surface area contributed by atoms with Crippen molar-refractivity contribution in [3.8, 4) is 5.75 Å². The van der Waals surface area contributed by atoms with Gasteiger partial charge >= 0.3 is 11.9 Å². The minimum atomic E-state index is -1.02. The highest BCUT2D eigenvalue weighted by atomic mass is 32.1. The Morgan fingerprint density at radius 1 is 1.11 bits per heavy atom. The van der Waals surface area contributed by atoms with Crippen LogP contribution in [0.15, 0.2) is 69.6 Å². The van der Waals surface area contributed by atoms with Crippen LogP contribution in [-0.4, -0.2) is 34.8 Å². The van der Waals surface area contributed by atoms with Crippen LogP contribution < -0.4 is 19.6 Å². The first kappa shape index (κ1) is 24.2. The van der Waals surface area contributed by atoms with Crippen molar-refractivity contribution in [1.82, 2.24) is 4.57 Å². The average Bonchev–Trinajstić information content (AvgIpc) is 3.13. The van der Waals surface area contributed by atoms with Gasteiger partial charge in [0.25, 0.3) is 5.56 Å². The highest BCUT2D eigenvalue weighted by molar-refractivity contribution is 7.07. The van der Waals surface area contributed by atoms with Gasteiger partial charge in [-0.1, -0.05) is 41.7 Å². The summed E-state index contributed by atoms with van der Waals surface area (Å²) < 4.78 is 13.1. The van der Waals surface area contributed by atoms with E-state index < -0.39 is 18.0 Å². The van der Waals surface area contributed by atoms with Crippen LogP contribution in [0, 0.1) is 0 Å². The summed E-state index contributed by atoms with van der Waals surface area (Å²) in [6, 6.07) is 12.8. The Bertz CT molecular complexity index is 1500. The zero-order valence-electron chi connectivity index (χ0n) is 19.5. The number of thiazole rings is 1. The molecule has 0 saturated carbocycles. The molecule has 9 heteroatoms. The monoisotopic (exact) mass is 492 g/mol. The summed E-state index contributed by atoms with van der Waals surface area (Å²) in [5.41, 5.74) is 1.92. The number of ether oxygens (including phenoxy) is 2. The number of allylic oxidation sites excluding steroid dienone is 1. The van der Waals surface area contributed by atoms with Crippen molar-refractivity contribution in [3.05, 3.63) is 96.2 Å². The maximum atomic E-state index is 13.7. The standard InChI is InChI=1S/C26H24N2O6S/c1-4-33-19-9-7-6-8-18(19)22-21(25(32)34-5-2)15(3)27-26-28(22)23(29)20(35-26)14-16-10-12-17(13-11-16)24(30)31/h6-14,22H,4-5H2,1-3H3,(H,30,31). The lowest BCUT2D eigenvalue weighted by molar-refractivity contribution is -0.139. The van der Waals surface area contributed by atoms with Crippen LogP contribution in [0.2, 0.25) is 0 Å². The number of carboxylic acid groups (broad SMARTS) is 1. The van der Waals surface area contributed by atoms with Crippen molar-refractivity contribution < 1.29 is 24.2 Å². The van der Waals surface area contributed by atoms with Crippen molar-refractivity contribution >= 4 is 29.4 Å². The molecule has 35 heavy (non-hydrogen) atoms. The third-order valence-electron chi connectivity index (χ3n) is 5.49. The molecule has 0 spiro atoms.